The first-order valence-corrected chi connectivity index (χ1v) is 10.6. The van der Waals surface area contributed by atoms with E-state index in [1.54, 1.807) is 24.3 Å². The van der Waals surface area contributed by atoms with Crippen LogP contribution in [0, 0.1) is 0 Å². The normalized spacial score (nSPS) is 15.0. The van der Waals surface area contributed by atoms with Gasteiger partial charge in [0.05, 0.1) is 18.7 Å². The monoisotopic (exact) mass is 477 g/mol. The van der Waals surface area contributed by atoms with Gasteiger partial charge in [-0.05, 0) is 61.4 Å². The lowest BCUT2D eigenvalue weighted by Crippen LogP contribution is -2.20. The highest BCUT2D eigenvalue weighted by Gasteiger charge is 2.33. The molecule has 1 aliphatic rings. The number of ether oxygens (including phenoxy) is 2. The number of carbonyl (C=O) groups is 2. The first kappa shape index (κ1) is 22.6. The number of amides is 2. The number of carbonyl (C=O) groups excluding carboxylic acids is 2. The molecule has 0 spiro atoms. The summed E-state index contributed by atoms with van der Waals surface area (Å²) in [6.45, 7) is 0. The summed E-state index contributed by atoms with van der Waals surface area (Å²) >= 11 is 1.32. The van der Waals surface area contributed by atoms with Gasteiger partial charge in [-0.1, -0.05) is 0 Å². The largest absolute Gasteiger partial charge is 0.573 e. The number of alkyl halides is 3. The SMILES string of the molecule is COc1ccc(C(=O)Nc2nc3c(s2)CCC3C(=O)Nc2ccc(OC(F)(F)F)cc2)cc1. The van der Waals surface area contributed by atoms with Crippen LogP contribution in [0.25, 0.3) is 0 Å². The van der Waals surface area contributed by atoms with Gasteiger partial charge in [-0.2, -0.15) is 0 Å². The number of hydrogen-bond donors (Lipinski definition) is 2. The van der Waals surface area contributed by atoms with Crippen molar-refractivity contribution in [1.82, 2.24) is 4.98 Å². The molecule has 4 rings (SSSR count). The number of benzene rings is 2. The van der Waals surface area contributed by atoms with Gasteiger partial charge in [0, 0.05) is 16.1 Å². The van der Waals surface area contributed by atoms with E-state index in [-0.39, 0.29) is 17.6 Å². The first-order valence-electron chi connectivity index (χ1n) is 9.83. The summed E-state index contributed by atoms with van der Waals surface area (Å²) in [5.41, 5.74) is 1.38. The van der Waals surface area contributed by atoms with Gasteiger partial charge in [0.2, 0.25) is 5.91 Å². The van der Waals surface area contributed by atoms with Crippen molar-refractivity contribution in [3.63, 3.8) is 0 Å². The number of halogens is 3. The van der Waals surface area contributed by atoms with E-state index in [0.29, 0.717) is 40.7 Å². The maximum absolute atomic E-state index is 12.7. The second kappa shape index (κ2) is 9.10. The van der Waals surface area contributed by atoms with Crippen LogP contribution >= 0.6 is 11.3 Å². The van der Waals surface area contributed by atoms with Crippen LogP contribution in [0.3, 0.4) is 0 Å². The fourth-order valence-corrected chi connectivity index (χ4v) is 4.45. The number of thiazole rings is 1. The molecule has 0 fully saturated rings. The highest BCUT2D eigenvalue weighted by Crippen LogP contribution is 2.39. The third kappa shape index (κ3) is 5.43. The molecule has 0 radical (unpaired) electrons. The fraction of sp³-hybridized carbons (Fsp3) is 0.227. The first-order chi connectivity index (χ1) is 15.7. The average molecular weight is 477 g/mol. The van der Waals surface area contributed by atoms with E-state index in [0.717, 1.165) is 17.0 Å². The minimum absolute atomic E-state index is 0.323. The number of rotatable bonds is 6. The Kier molecular flexibility index (Phi) is 6.23. The van der Waals surface area contributed by atoms with Crippen molar-refractivity contribution < 1.29 is 32.2 Å². The molecular formula is C22H18F3N3O4S. The maximum Gasteiger partial charge on any atom is 0.573 e. The molecule has 1 aliphatic carbocycles. The number of nitrogens with zero attached hydrogens (tertiary/aromatic N) is 1. The molecule has 2 N–H and O–H groups in total. The van der Waals surface area contributed by atoms with Crippen molar-refractivity contribution in [3.8, 4) is 11.5 Å². The molecule has 2 amide bonds. The maximum atomic E-state index is 12.7. The zero-order valence-corrected chi connectivity index (χ0v) is 18.0. The van der Waals surface area contributed by atoms with E-state index in [2.05, 4.69) is 20.4 Å². The summed E-state index contributed by atoms with van der Waals surface area (Å²) in [4.78, 5) is 30.6. The van der Waals surface area contributed by atoms with Crippen molar-refractivity contribution in [1.29, 1.82) is 0 Å². The van der Waals surface area contributed by atoms with Gasteiger partial charge in [0.25, 0.3) is 5.91 Å². The third-order valence-electron chi connectivity index (χ3n) is 4.96. The van der Waals surface area contributed by atoms with E-state index in [4.69, 9.17) is 4.74 Å². The van der Waals surface area contributed by atoms with Crippen LogP contribution in [0.15, 0.2) is 48.5 Å². The van der Waals surface area contributed by atoms with Crippen molar-refractivity contribution in [2.24, 2.45) is 0 Å². The minimum atomic E-state index is -4.78. The topological polar surface area (TPSA) is 89.5 Å². The molecule has 0 saturated carbocycles. The summed E-state index contributed by atoms with van der Waals surface area (Å²) < 4.78 is 45.7. The number of aryl methyl sites for hydroxylation is 1. The highest BCUT2D eigenvalue weighted by molar-refractivity contribution is 7.16. The van der Waals surface area contributed by atoms with Crippen LogP contribution < -0.4 is 20.1 Å². The Bertz CT molecular complexity index is 1160. The molecule has 172 valence electrons. The standard InChI is InChI=1S/C22H18F3N3O4S/c1-31-14-6-2-12(3-7-14)19(29)28-21-27-18-16(10-11-17(18)33-21)20(30)26-13-4-8-15(9-5-13)32-22(23,24)25/h2-9,16H,10-11H2,1H3,(H,26,30)(H,27,28,29). The van der Waals surface area contributed by atoms with Crippen molar-refractivity contribution in [2.45, 2.75) is 25.1 Å². The highest BCUT2D eigenvalue weighted by atomic mass is 32.1. The molecule has 3 aromatic rings. The van der Waals surface area contributed by atoms with Crippen LogP contribution in [0.1, 0.15) is 33.3 Å². The predicted octanol–water partition coefficient (Wildman–Crippen LogP) is 4.97. The Morgan fingerprint density at radius 1 is 1.03 bits per heavy atom. The predicted molar refractivity (Wildman–Crippen MR) is 116 cm³/mol. The molecule has 33 heavy (non-hydrogen) atoms. The minimum Gasteiger partial charge on any atom is -0.497 e. The van der Waals surface area contributed by atoms with E-state index in [9.17, 15) is 22.8 Å². The van der Waals surface area contributed by atoms with Gasteiger partial charge in [0.1, 0.15) is 11.5 Å². The quantitative estimate of drug-likeness (QED) is 0.523. The van der Waals surface area contributed by atoms with E-state index < -0.39 is 12.3 Å². The van der Waals surface area contributed by atoms with Gasteiger partial charge in [-0.3, -0.25) is 14.9 Å². The molecule has 0 saturated heterocycles. The molecule has 1 aromatic heterocycles. The Morgan fingerprint density at radius 3 is 2.33 bits per heavy atom. The lowest BCUT2D eigenvalue weighted by molar-refractivity contribution is -0.274. The lowest BCUT2D eigenvalue weighted by atomic mass is 10.1. The van der Waals surface area contributed by atoms with Crippen molar-refractivity contribution >= 4 is 34.0 Å². The van der Waals surface area contributed by atoms with Gasteiger partial charge in [0.15, 0.2) is 5.13 Å². The Morgan fingerprint density at radius 2 is 1.70 bits per heavy atom. The van der Waals surface area contributed by atoms with E-state index in [1.165, 1.54) is 30.6 Å². The second-order valence-corrected chi connectivity index (χ2v) is 8.25. The van der Waals surface area contributed by atoms with Gasteiger partial charge >= 0.3 is 6.36 Å². The van der Waals surface area contributed by atoms with Crippen molar-refractivity contribution in [2.75, 3.05) is 17.7 Å². The number of methoxy groups -OCH3 is 1. The van der Waals surface area contributed by atoms with Crippen LogP contribution in [0.5, 0.6) is 11.5 Å². The molecule has 1 heterocycles. The van der Waals surface area contributed by atoms with Crippen molar-refractivity contribution in [3.05, 3.63) is 64.7 Å². The lowest BCUT2D eigenvalue weighted by Gasteiger charge is -2.12. The number of anilines is 2. The van der Waals surface area contributed by atoms with Crippen LogP contribution in [0.2, 0.25) is 0 Å². The number of hydrogen-bond acceptors (Lipinski definition) is 6. The molecule has 2 aromatic carbocycles. The molecular weight excluding hydrogens is 459 g/mol. The Labute approximate surface area is 190 Å². The summed E-state index contributed by atoms with van der Waals surface area (Å²) in [5, 5.41) is 5.84. The molecule has 1 unspecified atom stereocenters. The zero-order chi connectivity index (χ0) is 23.6. The Balaban J connectivity index is 1.40. The molecule has 0 bridgehead atoms. The fourth-order valence-electron chi connectivity index (χ4n) is 3.42. The van der Waals surface area contributed by atoms with Crippen LogP contribution in [-0.4, -0.2) is 30.3 Å². The summed E-state index contributed by atoms with van der Waals surface area (Å²) in [5.74, 6) is -0.908. The van der Waals surface area contributed by atoms with Crippen LogP contribution in [-0.2, 0) is 11.2 Å². The molecule has 7 nitrogen and oxygen atoms in total. The number of nitrogens with one attached hydrogen (secondary N) is 2. The van der Waals surface area contributed by atoms with E-state index >= 15 is 0 Å². The van der Waals surface area contributed by atoms with Crippen LogP contribution in [0.4, 0.5) is 24.0 Å². The molecule has 1 atom stereocenters. The number of aromatic nitrogens is 1. The van der Waals surface area contributed by atoms with E-state index in [1.807, 2.05) is 0 Å². The Hall–Kier alpha value is -3.60. The summed E-state index contributed by atoms with van der Waals surface area (Å²) in [6.07, 6.45) is -3.58. The molecule has 0 aliphatic heterocycles. The average Bonchev–Trinajstić information content (AvgIpc) is 3.34. The number of fused-ring (bicyclic) bond motifs is 1. The zero-order valence-electron chi connectivity index (χ0n) is 17.2. The molecule has 11 heteroatoms. The van der Waals surface area contributed by atoms with Gasteiger partial charge in [-0.25, -0.2) is 4.98 Å². The summed E-state index contributed by atoms with van der Waals surface area (Å²) in [7, 11) is 1.54. The second-order valence-electron chi connectivity index (χ2n) is 7.16. The smallest absolute Gasteiger partial charge is 0.497 e. The third-order valence-corrected chi connectivity index (χ3v) is 6.01. The van der Waals surface area contributed by atoms with Gasteiger partial charge in [-0.15, -0.1) is 24.5 Å². The summed E-state index contributed by atoms with van der Waals surface area (Å²) in [6, 6.07) is 11.5. The van der Waals surface area contributed by atoms with Gasteiger partial charge < -0.3 is 14.8 Å².